The van der Waals surface area contributed by atoms with E-state index in [2.05, 4.69) is 6.92 Å². The van der Waals surface area contributed by atoms with E-state index in [4.69, 9.17) is 0 Å². The Hall–Kier alpha value is -0.730. The molecule has 0 aromatic rings. The zero-order chi connectivity index (χ0) is 8.77. The van der Waals surface area contributed by atoms with Crippen LogP contribution in [-0.2, 0) is 0 Å². The molecule has 1 aliphatic carbocycles. The van der Waals surface area contributed by atoms with Gasteiger partial charge in [-0.25, -0.2) is 4.79 Å². The maximum atomic E-state index is 11.7. The Kier molecular flexibility index (Phi) is 1.56. The van der Waals surface area contributed by atoms with Gasteiger partial charge in [-0.15, -0.1) is 0 Å². The summed E-state index contributed by atoms with van der Waals surface area (Å²) in [5.74, 6) is 0. The predicted molar refractivity (Wildman–Crippen MR) is 47.0 cm³/mol. The second-order valence-corrected chi connectivity index (χ2v) is 3.92. The Morgan fingerprint density at radius 3 is 2.58 bits per heavy atom. The number of hydrogen-bond acceptors (Lipinski definition) is 1. The third-order valence-corrected chi connectivity index (χ3v) is 3.19. The van der Waals surface area contributed by atoms with Crippen molar-refractivity contribution < 1.29 is 4.79 Å². The summed E-state index contributed by atoms with van der Waals surface area (Å²) in [6, 6.07) is 0.223. The Bertz CT molecular complexity index is 211. The molecule has 0 unspecified atom stereocenters. The van der Waals surface area contributed by atoms with Gasteiger partial charge < -0.3 is 9.80 Å². The third-order valence-electron chi connectivity index (χ3n) is 3.19. The molecule has 1 saturated carbocycles. The molecule has 2 fully saturated rings. The number of carbonyl (C=O) groups excluding carboxylic acids is 1. The summed E-state index contributed by atoms with van der Waals surface area (Å²) in [7, 11) is 1.89. The lowest BCUT2D eigenvalue weighted by molar-refractivity contribution is 0.102. The number of urea groups is 1. The highest BCUT2D eigenvalue weighted by molar-refractivity contribution is 5.76. The molecule has 2 aliphatic rings. The summed E-state index contributed by atoms with van der Waals surface area (Å²) in [6.45, 7) is 3.87. The van der Waals surface area contributed by atoms with Gasteiger partial charge >= 0.3 is 6.03 Å². The lowest BCUT2D eigenvalue weighted by atomic mass is 10.1. The van der Waals surface area contributed by atoms with E-state index in [0.29, 0.717) is 5.54 Å². The lowest BCUT2D eigenvalue weighted by Crippen LogP contribution is -2.54. The smallest absolute Gasteiger partial charge is 0.320 e. The lowest BCUT2D eigenvalue weighted by Gasteiger charge is -2.40. The molecule has 68 valence electrons. The first-order valence-corrected chi connectivity index (χ1v) is 4.72. The molecule has 3 heteroatoms. The Morgan fingerprint density at radius 1 is 1.42 bits per heavy atom. The first kappa shape index (κ1) is 7.90. The molecule has 12 heavy (non-hydrogen) atoms. The van der Waals surface area contributed by atoms with E-state index in [1.165, 1.54) is 19.3 Å². The summed E-state index contributed by atoms with van der Waals surface area (Å²) in [5.41, 5.74) is 0.290. The monoisotopic (exact) mass is 168 g/mol. The van der Waals surface area contributed by atoms with Gasteiger partial charge in [-0.05, 0) is 26.2 Å². The molecule has 0 bridgehead atoms. The minimum atomic E-state index is 0.223. The fourth-order valence-electron chi connectivity index (χ4n) is 2.15. The van der Waals surface area contributed by atoms with E-state index < -0.39 is 0 Å². The summed E-state index contributed by atoms with van der Waals surface area (Å²) >= 11 is 0. The van der Waals surface area contributed by atoms with Crippen molar-refractivity contribution in [2.24, 2.45) is 0 Å². The first-order valence-electron chi connectivity index (χ1n) is 4.72. The molecule has 1 saturated heterocycles. The van der Waals surface area contributed by atoms with Gasteiger partial charge in [-0.3, -0.25) is 0 Å². The minimum absolute atomic E-state index is 0.223. The molecule has 1 heterocycles. The molecule has 0 aromatic heterocycles. The van der Waals surface area contributed by atoms with E-state index in [0.717, 1.165) is 13.1 Å². The van der Waals surface area contributed by atoms with E-state index >= 15 is 0 Å². The van der Waals surface area contributed by atoms with Crippen molar-refractivity contribution in [3.05, 3.63) is 0 Å². The van der Waals surface area contributed by atoms with Gasteiger partial charge in [-0.2, -0.15) is 0 Å². The zero-order valence-corrected chi connectivity index (χ0v) is 7.84. The number of hydrogen-bond donors (Lipinski definition) is 0. The summed E-state index contributed by atoms with van der Waals surface area (Å²) in [4.78, 5) is 15.5. The average Bonchev–Trinajstić information content (AvgIpc) is 2.81. The number of nitrogens with zero attached hydrogens (tertiary/aromatic N) is 2. The average molecular weight is 168 g/mol. The molecule has 0 radical (unpaired) electrons. The van der Waals surface area contributed by atoms with Crippen LogP contribution in [0.3, 0.4) is 0 Å². The van der Waals surface area contributed by atoms with Crippen molar-refractivity contribution in [3.8, 4) is 0 Å². The van der Waals surface area contributed by atoms with Gasteiger partial charge in [-0.1, -0.05) is 0 Å². The van der Waals surface area contributed by atoms with Crippen LogP contribution in [0.1, 0.15) is 26.2 Å². The van der Waals surface area contributed by atoms with Crippen LogP contribution >= 0.6 is 0 Å². The molecule has 1 aliphatic heterocycles. The van der Waals surface area contributed by atoms with E-state index in [1.54, 1.807) is 0 Å². The van der Waals surface area contributed by atoms with Crippen LogP contribution in [-0.4, -0.2) is 41.5 Å². The second-order valence-electron chi connectivity index (χ2n) is 3.92. The molecule has 3 nitrogen and oxygen atoms in total. The van der Waals surface area contributed by atoms with Crippen LogP contribution in [0.5, 0.6) is 0 Å². The van der Waals surface area contributed by atoms with Crippen LogP contribution in [0, 0.1) is 0 Å². The van der Waals surface area contributed by atoms with Gasteiger partial charge in [0.1, 0.15) is 0 Å². The van der Waals surface area contributed by atoms with E-state index in [-0.39, 0.29) is 6.03 Å². The molecule has 2 amide bonds. The topological polar surface area (TPSA) is 23.6 Å². The maximum Gasteiger partial charge on any atom is 0.320 e. The van der Waals surface area contributed by atoms with Gasteiger partial charge in [0.15, 0.2) is 0 Å². The predicted octanol–water partition coefficient (Wildman–Crippen LogP) is 1.30. The van der Waals surface area contributed by atoms with Crippen molar-refractivity contribution in [1.82, 2.24) is 9.80 Å². The fraction of sp³-hybridized carbons (Fsp3) is 0.889. The molecule has 0 atom stereocenters. The van der Waals surface area contributed by atoms with Crippen molar-refractivity contribution in [3.63, 3.8) is 0 Å². The second kappa shape index (κ2) is 2.38. The van der Waals surface area contributed by atoms with E-state index in [9.17, 15) is 4.79 Å². The molecular formula is C9H16N2O. The van der Waals surface area contributed by atoms with Crippen LogP contribution in [0.2, 0.25) is 0 Å². The molecule has 0 aromatic carbocycles. The number of rotatable bonds is 1. The molecule has 1 spiro atoms. The van der Waals surface area contributed by atoms with Gasteiger partial charge in [0.25, 0.3) is 0 Å². The van der Waals surface area contributed by atoms with Crippen molar-refractivity contribution >= 4 is 6.03 Å². The highest BCUT2D eigenvalue weighted by Gasteiger charge is 2.52. The van der Waals surface area contributed by atoms with Gasteiger partial charge in [0, 0.05) is 25.7 Å². The molecular weight excluding hydrogens is 152 g/mol. The largest absolute Gasteiger partial charge is 0.328 e. The normalized spacial score (nSPS) is 26.7. The maximum absolute atomic E-state index is 11.7. The third kappa shape index (κ3) is 0.919. The van der Waals surface area contributed by atoms with Crippen molar-refractivity contribution in [2.75, 3.05) is 20.1 Å². The Labute approximate surface area is 73.3 Å². The van der Waals surface area contributed by atoms with Gasteiger partial charge in [0.05, 0.1) is 0 Å². The summed E-state index contributed by atoms with van der Waals surface area (Å²) in [6.07, 6.45) is 3.61. The van der Waals surface area contributed by atoms with Crippen molar-refractivity contribution in [2.45, 2.75) is 31.7 Å². The SMILES string of the molecule is CCN1C(=O)N(C)CCC12CC2. The van der Waals surface area contributed by atoms with Crippen molar-refractivity contribution in [1.29, 1.82) is 0 Å². The minimum Gasteiger partial charge on any atom is -0.328 e. The van der Waals surface area contributed by atoms with Crippen LogP contribution in [0.15, 0.2) is 0 Å². The van der Waals surface area contributed by atoms with Crippen LogP contribution < -0.4 is 0 Å². The molecule has 2 rings (SSSR count). The highest BCUT2D eigenvalue weighted by atomic mass is 16.2. The standard InChI is InChI=1S/C9H16N2O/c1-3-11-8(12)10(2)7-6-9(11)4-5-9/h3-7H2,1-2H3. The molecule has 0 N–H and O–H groups in total. The Balaban J connectivity index is 2.16. The fourth-order valence-corrected chi connectivity index (χ4v) is 2.15. The van der Waals surface area contributed by atoms with E-state index in [1.807, 2.05) is 16.8 Å². The number of carbonyl (C=O) groups is 1. The van der Waals surface area contributed by atoms with Crippen LogP contribution in [0.4, 0.5) is 4.79 Å². The summed E-state index contributed by atoms with van der Waals surface area (Å²) < 4.78 is 0. The van der Waals surface area contributed by atoms with Gasteiger partial charge in [0.2, 0.25) is 0 Å². The van der Waals surface area contributed by atoms with Crippen LogP contribution in [0.25, 0.3) is 0 Å². The zero-order valence-electron chi connectivity index (χ0n) is 7.84. The Morgan fingerprint density at radius 2 is 2.08 bits per heavy atom. The highest BCUT2D eigenvalue weighted by Crippen LogP contribution is 2.46. The number of amides is 2. The quantitative estimate of drug-likeness (QED) is 0.579. The summed E-state index contributed by atoms with van der Waals surface area (Å²) in [5, 5.41) is 0. The first-order chi connectivity index (χ1) is 5.69.